The van der Waals surface area contributed by atoms with Crippen LogP contribution in [0, 0.1) is 0 Å². The van der Waals surface area contributed by atoms with Crippen LogP contribution in [-0.4, -0.2) is 13.4 Å². The van der Waals surface area contributed by atoms with Crippen LogP contribution in [0.1, 0.15) is 51.5 Å². The molecule has 2 atom stereocenters. The van der Waals surface area contributed by atoms with Crippen molar-refractivity contribution in [3.8, 4) is 11.5 Å². The van der Waals surface area contributed by atoms with E-state index >= 15 is 0 Å². The number of ether oxygens (including phenoxy) is 2. The van der Waals surface area contributed by atoms with Crippen LogP contribution in [0.2, 0.25) is 0 Å². The Labute approximate surface area is 155 Å². The number of hydrogen-bond acceptors (Lipinski definition) is 4. The molecule has 0 aromatic heterocycles. The number of hydrogen-bond donors (Lipinski definition) is 0. The fraction of sp³-hybridized carbons (Fsp3) is 0.429. The van der Waals surface area contributed by atoms with Gasteiger partial charge in [0.25, 0.3) is 0 Å². The summed E-state index contributed by atoms with van der Waals surface area (Å²) in [6.07, 6.45) is 3.28. The minimum absolute atomic E-state index is 0.337. The molecular formula is C21H28O3S. The second-order valence-corrected chi connectivity index (χ2v) is 6.83. The average molecular weight is 361 g/mol. The van der Waals surface area contributed by atoms with Gasteiger partial charge in [-0.05, 0) is 67.6 Å². The fourth-order valence-electron chi connectivity index (χ4n) is 2.74. The molecule has 0 N–H and O–H groups in total. The Morgan fingerprint density at radius 1 is 0.920 bits per heavy atom. The largest absolute Gasteiger partial charge is 0.497 e. The highest BCUT2D eigenvalue weighted by atomic mass is 32.2. The lowest BCUT2D eigenvalue weighted by Gasteiger charge is -2.17. The van der Waals surface area contributed by atoms with Gasteiger partial charge in [0.1, 0.15) is 11.5 Å². The monoisotopic (exact) mass is 360 g/mol. The fourth-order valence-corrected chi connectivity index (χ4v) is 3.27. The Morgan fingerprint density at radius 2 is 1.56 bits per heavy atom. The van der Waals surface area contributed by atoms with Crippen molar-refractivity contribution in [2.75, 3.05) is 7.11 Å². The Kier molecular flexibility index (Phi) is 8.16. The quantitative estimate of drug-likeness (QED) is 0.360. The molecule has 2 unspecified atom stereocenters. The number of benzene rings is 2. The first-order valence-electron chi connectivity index (χ1n) is 8.90. The summed E-state index contributed by atoms with van der Waals surface area (Å²) in [6, 6.07) is 16.2. The van der Waals surface area contributed by atoms with Crippen LogP contribution in [-0.2, 0) is 4.18 Å². The Hall–Kier alpha value is -1.65. The van der Waals surface area contributed by atoms with Gasteiger partial charge in [-0.15, -0.1) is 0 Å². The van der Waals surface area contributed by atoms with Crippen molar-refractivity contribution in [2.24, 2.45) is 0 Å². The summed E-state index contributed by atoms with van der Waals surface area (Å²) in [4.78, 5) is 1.01. The van der Waals surface area contributed by atoms with Gasteiger partial charge < -0.3 is 9.47 Å². The second-order valence-electron chi connectivity index (χ2n) is 6.00. The predicted molar refractivity (Wildman–Crippen MR) is 104 cm³/mol. The molecule has 0 saturated heterocycles. The zero-order chi connectivity index (χ0) is 18.1. The smallest absolute Gasteiger partial charge is 0.209 e. The first kappa shape index (κ1) is 19.7. The highest BCUT2D eigenvalue weighted by molar-refractivity contribution is 7.94. The van der Waals surface area contributed by atoms with Gasteiger partial charge in [-0.2, -0.15) is 0 Å². The van der Waals surface area contributed by atoms with Crippen LogP contribution in [0.3, 0.4) is 0 Å². The normalized spacial score (nSPS) is 13.3. The summed E-state index contributed by atoms with van der Waals surface area (Å²) < 4.78 is 16.7. The first-order chi connectivity index (χ1) is 12.2. The molecule has 0 spiro atoms. The average Bonchev–Trinajstić information content (AvgIpc) is 2.65. The zero-order valence-electron chi connectivity index (χ0n) is 15.5. The Balaban J connectivity index is 1.84. The van der Waals surface area contributed by atoms with Gasteiger partial charge in [0.15, 0.2) is 0 Å². The van der Waals surface area contributed by atoms with Gasteiger partial charge in [0.2, 0.25) is 6.29 Å². The minimum Gasteiger partial charge on any atom is -0.497 e. The highest BCUT2D eigenvalue weighted by Gasteiger charge is 2.10. The maximum atomic E-state index is 5.84. The molecule has 2 aromatic rings. The summed E-state index contributed by atoms with van der Waals surface area (Å²) in [5, 5.41) is 0. The van der Waals surface area contributed by atoms with E-state index in [-0.39, 0.29) is 6.29 Å². The van der Waals surface area contributed by atoms with E-state index in [0.29, 0.717) is 5.92 Å². The molecule has 2 rings (SSSR count). The molecule has 3 nitrogen and oxygen atoms in total. The predicted octanol–water partition coefficient (Wildman–Crippen LogP) is 6.44. The van der Waals surface area contributed by atoms with E-state index in [1.54, 1.807) is 7.11 Å². The number of methoxy groups -OCH3 is 1. The molecule has 0 aliphatic heterocycles. The van der Waals surface area contributed by atoms with Crippen LogP contribution in [0.25, 0.3) is 0 Å². The van der Waals surface area contributed by atoms with Gasteiger partial charge in [-0.1, -0.05) is 32.4 Å². The van der Waals surface area contributed by atoms with E-state index in [4.69, 9.17) is 13.7 Å². The molecule has 0 heterocycles. The molecule has 0 fully saturated rings. The third-order valence-electron chi connectivity index (χ3n) is 4.12. The summed E-state index contributed by atoms with van der Waals surface area (Å²) in [5.74, 6) is 2.30. The molecule has 0 aliphatic carbocycles. The van der Waals surface area contributed by atoms with Crippen molar-refractivity contribution in [3.05, 3.63) is 54.1 Å². The molecule has 0 saturated carbocycles. The summed E-state index contributed by atoms with van der Waals surface area (Å²) in [6.45, 7) is 6.38. The Bertz CT molecular complexity index is 610. The molecule has 0 aliphatic rings. The van der Waals surface area contributed by atoms with E-state index in [0.717, 1.165) is 16.4 Å². The zero-order valence-corrected chi connectivity index (χ0v) is 16.3. The SMILES string of the molecule is CCCC(CC)c1ccc(OC(C)OSc2ccc(OC)cc2)cc1. The van der Waals surface area contributed by atoms with Crippen LogP contribution < -0.4 is 9.47 Å². The molecular weight excluding hydrogens is 332 g/mol. The topological polar surface area (TPSA) is 27.7 Å². The van der Waals surface area contributed by atoms with Gasteiger partial charge in [0.05, 0.1) is 7.11 Å². The van der Waals surface area contributed by atoms with Crippen LogP contribution in [0.4, 0.5) is 0 Å². The highest BCUT2D eigenvalue weighted by Crippen LogP contribution is 2.28. The minimum atomic E-state index is -0.337. The van der Waals surface area contributed by atoms with Crippen molar-refractivity contribution in [1.29, 1.82) is 0 Å². The molecule has 25 heavy (non-hydrogen) atoms. The standard InChI is InChI=1S/C21H28O3S/c1-5-7-17(6-2)18-8-10-20(11-9-18)23-16(3)24-25-21-14-12-19(22-4)13-15-21/h8-17H,5-7H2,1-4H3. The van der Waals surface area contributed by atoms with Crippen molar-refractivity contribution in [1.82, 2.24) is 0 Å². The van der Waals surface area contributed by atoms with E-state index in [9.17, 15) is 0 Å². The van der Waals surface area contributed by atoms with Crippen molar-refractivity contribution in [2.45, 2.75) is 57.1 Å². The third kappa shape index (κ3) is 6.29. The van der Waals surface area contributed by atoms with E-state index < -0.39 is 0 Å². The van der Waals surface area contributed by atoms with Gasteiger partial charge in [-0.25, -0.2) is 0 Å². The third-order valence-corrected chi connectivity index (χ3v) is 4.95. The van der Waals surface area contributed by atoms with Crippen molar-refractivity contribution >= 4 is 12.0 Å². The molecule has 136 valence electrons. The van der Waals surface area contributed by atoms with E-state index in [1.807, 2.05) is 43.3 Å². The van der Waals surface area contributed by atoms with Gasteiger partial charge >= 0.3 is 0 Å². The maximum absolute atomic E-state index is 5.84. The van der Waals surface area contributed by atoms with Gasteiger partial charge in [0, 0.05) is 16.9 Å². The molecule has 0 amide bonds. The lowest BCUT2D eigenvalue weighted by atomic mass is 9.92. The van der Waals surface area contributed by atoms with Crippen molar-refractivity contribution < 1.29 is 13.7 Å². The number of rotatable bonds is 10. The molecule has 0 radical (unpaired) electrons. The van der Waals surface area contributed by atoms with Crippen LogP contribution in [0.5, 0.6) is 11.5 Å². The van der Waals surface area contributed by atoms with E-state index in [1.165, 1.54) is 36.9 Å². The summed E-state index contributed by atoms with van der Waals surface area (Å²) in [7, 11) is 1.66. The van der Waals surface area contributed by atoms with Crippen LogP contribution >= 0.6 is 12.0 Å². The maximum Gasteiger partial charge on any atom is 0.209 e. The van der Waals surface area contributed by atoms with Crippen LogP contribution in [0.15, 0.2) is 53.4 Å². The van der Waals surface area contributed by atoms with Crippen molar-refractivity contribution in [3.63, 3.8) is 0 Å². The first-order valence-corrected chi connectivity index (χ1v) is 9.64. The molecule has 0 bridgehead atoms. The Morgan fingerprint density at radius 3 is 2.12 bits per heavy atom. The molecule has 4 heteroatoms. The second kappa shape index (κ2) is 10.4. The van der Waals surface area contributed by atoms with Gasteiger partial charge in [-0.3, -0.25) is 4.18 Å². The summed E-state index contributed by atoms with van der Waals surface area (Å²) >= 11 is 1.30. The lowest BCUT2D eigenvalue weighted by molar-refractivity contribution is 0.0404. The summed E-state index contributed by atoms with van der Waals surface area (Å²) in [5.41, 5.74) is 1.39. The lowest BCUT2D eigenvalue weighted by Crippen LogP contribution is -2.12. The van der Waals surface area contributed by atoms with E-state index in [2.05, 4.69) is 26.0 Å². The molecule has 2 aromatic carbocycles.